The third-order valence-corrected chi connectivity index (χ3v) is 1.90. The number of aromatic nitrogens is 2. The zero-order valence-electron chi connectivity index (χ0n) is 9.46. The number of nitrogens with one attached hydrogen (secondary N) is 1. The Morgan fingerprint density at radius 3 is 2.22 bits per heavy atom. The number of anilines is 3. The van der Waals surface area contributed by atoms with Crippen molar-refractivity contribution < 1.29 is 9.59 Å². The van der Waals surface area contributed by atoms with Gasteiger partial charge in [-0.15, -0.1) is 0 Å². The molecule has 0 saturated heterocycles. The lowest BCUT2D eigenvalue weighted by atomic mass is 10.4. The van der Waals surface area contributed by atoms with E-state index in [2.05, 4.69) is 15.4 Å². The van der Waals surface area contributed by atoms with E-state index in [1.165, 1.54) is 11.0 Å². The lowest BCUT2D eigenvalue weighted by Crippen LogP contribution is -2.40. The van der Waals surface area contributed by atoms with Crippen molar-refractivity contribution in [2.45, 2.75) is 0 Å². The van der Waals surface area contributed by atoms with E-state index in [0.29, 0.717) is 0 Å². The SMILES string of the molecule is NNc1cc(N(CC(N)=O)CC(N)=O)nc(N)n1. The minimum absolute atomic E-state index is 0.0700. The average Bonchev–Trinajstić information content (AvgIpc) is 2.26. The molecule has 1 heterocycles. The van der Waals surface area contributed by atoms with Crippen LogP contribution < -0.4 is 33.4 Å². The minimum atomic E-state index is -0.643. The van der Waals surface area contributed by atoms with E-state index in [1.807, 2.05) is 0 Å². The van der Waals surface area contributed by atoms with Crippen molar-refractivity contribution >= 4 is 29.4 Å². The quantitative estimate of drug-likeness (QED) is 0.265. The molecule has 0 aromatic carbocycles. The number of hydrogen-bond donors (Lipinski definition) is 5. The zero-order valence-corrected chi connectivity index (χ0v) is 9.46. The van der Waals surface area contributed by atoms with Crippen LogP contribution in [0.5, 0.6) is 0 Å². The molecular weight excluding hydrogens is 240 g/mol. The molecule has 0 spiro atoms. The average molecular weight is 254 g/mol. The fraction of sp³-hybridized carbons (Fsp3) is 0.250. The number of carbonyl (C=O) groups excluding carboxylic acids is 2. The molecule has 1 aromatic rings. The van der Waals surface area contributed by atoms with Crippen molar-refractivity contribution in [3.63, 3.8) is 0 Å². The van der Waals surface area contributed by atoms with Gasteiger partial charge in [0.15, 0.2) is 0 Å². The molecule has 1 aromatic heterocycles. The van der Waals surface area contributed by atoms with E-state index in [0.717, 1.165) is 0 Å². The first-order chi connectivity index (χ1) is 8.42. The number of amides is 2. The monoisotopic (exact) mass is 254 g/mol. The summed E-state index contributed by atoms with van der Waals surface area (Å²) in [5.74, 6) is 4.29. The van der Waals surface area contributed by atoms with Gasteiger partial charge in [0, 0.05) is 6.07 Å². The Hall–Kier alpha value is -2.62. The Labute approximate surface area is 102 Å². The molecule has 0 radical (unpaired) electrons. The van der Waals surface area contributed by atoms with Crippen molar-refractivity contribution in [1.82, 2.24) is 9.97 Å². The van der Waals surface area contributed by atoms with Crippen LogP contribution in [0.15, 0.2) is 6.07 Å². The molecule has 1 rings (SSSR count). The Morgan fingerprint density at radius 2 is 1.78 bits per heavy atom. The zero-order chi connectivity index (χ0) is 13.7. The number of hydrogen-bond acceptors (Lipinski definition) is 8. The van der Waals surface area contributed by atoms with Crippen molar-refractivity contribution in [3.8, 4) is 0 Å². The van der Waals surface area contributed by atoms with E-state index < -0.39 is 11.8 Å². The predicted molar refractivity (Wildman–Crippen MR) is 64.9 cm³/mol. The van der Waals surface area contributed by atoms with Crippen molar-refractivity contribution in [3.05, 3.63) is 6.07 Å². The molecule has 0 aliphatic heterocycles. The van der Waals surface area contributed by atoms with E-state index in [4.69, 9.17) is 23.0 Å². The van der Waals surface area contributed by atoms with Crippen molar-refractivity contribution in [1.29, 1.82) is 0 Å². The highest BCUT2D eigenvalue weighted by Crippen LogP contribution is 2.15. The molecule has 0 aliphatic carbocycles. The number of nitrogen functional groups attached to an aromatic ring is 2. The molecule has 0 fully saturated rings. The second-order valence-electron chi connectivity index (χ2n) is 3.40. The van der Waals surface area contributed by atoms with Gasteiger partial charge < -0.3 is 27.5 Å². The largest absolute Gasteiger partial charge is 0.368 e. The molecule has 0 unspecified atom stereocenters. The van der Waals surface area contributed by atoms with Crippen LogP contribution in [0.3, 0.4) is 0 Å². The predicted octanol–water partition coefficient (Wildman–Crippen LogP) is -2.88. The molecule has 0 saturated carbocycles. The van der Waals surface area contributed by atoms with Crippen LogP contribution in [0.1, 0.15) is 0 Å². The van der Waals surface area contributed by atoms with Crippen LogP contribution >= 0.6 is 0 Å². The van der Waals surface area contributed by atoms with E-state index >= 15 is 0 Å². The molecule has 10 nitrogen and oxygen atoms in total. The van der Waals surface area contributed by atoms with Gasteiger partial charge in [-0.25, -0.2) is 5.84 Å². The molecule has 0 bridgehead atoms. The third kappa shape index (κ3) is 3.75. The summed E-state index contributed by atoms with van der Waals surface area (Å²) in [6.07, 6.45) is 0. The minimum Gasteiger partial charge on any atom is -0.368 e. The van der Waals surface area contributed by atoms with Crippen LogP contribution in [-0.2, 0) is 9.59 Å². The van der Waals surface area contributed by atoms with E-state index in [-0.39, 0.29) is 30.7 Å². The van der Waals surface area contributed by atoms with Gasteiger partial charge >= 0.3 is 0 Å². The summed E-state index contributed by atoms with van der Waals surface area (Å²) in [4.78, 5) is 30.7. The fourth-order valence-electron chi connectivity index (χ4n) is 1.28. The maximum Gasteiger partial charge on any atom is 0.237 e. The van der Waals surface area contributed by atoms with Gasteiger partial charge in [0.2, 0.25) is 17.8 Å². The Balaban J connectivity index is 3.06. The van der Waals surface area contributed by atoms with Gasteiger partial charge in [-0.05, 0) is 0 Å². The molecular formula is C8H14N8O2. The second kappa shape index (κ2) is 5.63. The summed E-state index contributed by atoms with van der Waals surface area (Å²) >= 11 is 0. The summed E-state index contributed by atoms with van der Waals surface area (Å²) in [5.41, 5.74) is 17.9. The number of primary amides is 2. The van der Waals surface area contributed by atoms with Crippen molar-refractivity contribution in [2.24, 2.45) is 17.3 Å². The Morgan fingerprint density at radius 1 is 1.22 bits per heavy atom. The van der Waals surface area contributed by atoms with E-state index in [9.17, 15) is 9.59 Å². The lowest BCUT2D eigenvalue weighted by Gasteiger charge is -2.20. The smallest absolute Gasteiger partial charge is 0.237 e. The van der Waals surface area contributed by atoms with Crippen LogP contribution in [0, 0.1) is 0 Å². The van der Waals surface area contributed by atoms with Crippen LogP contribution in [-0.4, -0.2) is 34.9 Å². The fourth-order valence-corrected chi connectivity index (χ4v) is 1.28. The van der Waals surface area contributed by atoms with Crippen molar-refractivity contribution in [2.75, 3.05) is 29.1 Å². The van der Waals surface area contributed by atoms with Gasteiger partial charge in [-0.2, -0.15) is 9.97 Å². The lowest BCUT2D eigenvalue weighted by molar-refractivity contribution is -0.117. The van der Waals surface area contributed by atoms with Gasteiger partial charge in [0.05, 0.1) is 13.1 Å². The number of rotatable bonds is 6. The highest BCUT2D eigenvalue weighted by molar-refractivity contribution is 5.84. The number of nitrogens with zero attached hydrogens (tertiary/aromatic N) is 3. The van der Waals surface area contributed by atoms with Crippen LogP contribution in [0.4, 0.5) is 17.6 Å². The molecule has 0 atom stereocenters. The van der Waals surface area contributed by atoms with Crippen LogP contribution in [0.25, 0.3) is 0 Å². The normalized spacial score (nSPS) is 9.83. The van der Waals surface area contributed by atoms with Gasteiger partial charge in [0.1, 0.15) is 11.6 Å². The topological polar surface area (TPSA) is 179 Å². The highest BCUT2D eigenvalue weighted by atomic mass is 16.2. The maximum absolute atomic E-state index is 10.9. The van der Waals surface area contributed by atoms with E-state index in [1.54, 1.807) is 0 Å². The van der Waals surface area contributed by atoms with Gasteiger partial charge in [-0.3, -0.25) is 9.59 Å². The van der Waals surface area contributed by atoms with Crippen LogP contribution in [0.2, 0.25) is 0 Å². The number of carbonyl (C=O) groups is 2. The third-order valence-electron chi connectivity index (χ3n) is 1.90. The summed E-state index contributed by atoms with van der Waals surface area (Å²) < 4.78 is 0. The number of hydrazine groups is 1. The summed E-state index contributed by atoms with van der Waals surface area (Å²) in [6, 6.07) is 1.40. The Bertz CT molecular complexity index is 446. The molecule has 10 heteroatoms. The summed E-state index contributed by atoms with van der Waals surface area (Å²) in [7, 11) is 0. The van der Waals surface area contributed by atoms with Gasteiger partial charge in [0.25, 0.3) is 0 Å². The first-order valence-electron chi connectivity index (χ1n) is 4.85. The molecule has 9 N–H and O–H groups in total. The standard InChI is InChI=1S/C8H14N8O2/c9-4(17)2-16(3-5(10)18)7-1-6(15-12)13-8(11)14-7/h1H,2-3,12H2,(H2,9,17)(H2,10,18)(H3,11,13,14,15). The first-order valence-corrected chi connectivity index (χ1v) is 4.85. The van der Waals surface area contributed by atoms with Gasteiger partial charge in [-0.1, -0.05) is 0 Å². The molecule has 2 amide bonds. The first kappa shape index (κ1) is 13.4. The number of nitrogens with two attached hydrogens (primary N) is 4. The molecule has 0 aliphatic rings. The molecule has 18 heavy (non-hydrogen) atoms. The summed E-state index contributed by atoms with van der Waals surface area (Å²) in [6.45, 7) is -0.465. The molecule has 98 valence electrons. The maximum atomic E-state index is 10.9. The Kier molecular flexibility index (Phi) is 4.21. The summed E-state index contributed by atoms with van der Waals surface area (Å²) in [5, 5.41) is 0. The second-order valence-corrected chi connectivity index (χ2v) is 3.40. The highest BCUT2D eigenvalue weighted by Gasteiger charge is 2.15.